The number of hydrogen-bond acceptors (Lipinski definition) is 4. The zero-order valence-corrected chi connectivity index (χ0v) is 16.3. The topological polar surface area (TPSA) is 58.1 Å². The van der Waals surface area contributed by atoms with E-state index in [1.54, 1.807) is 12.1 Å². The van der Waals surface area contributed by atoms with Crippen molar-refractivity contribution >= 4 is 17.5 Å². The molecule has 1 unspecified atom stereocenters. The number of nitrogens with zero attached hydrogens (tertiary/aromatic N) is 3. The molecule has 1 fully saturated rings. The molecule has 0 saturated carbocycles. The fourth-order valence-corrected chi connectivity index (χ4v) is 3.53. The van der Waals surface area contributed by atoms with Crippen LogP contribution < -0.4 is 10.2 Å². The highest BCUT2D eigenvalue weighted by Gasteiger charge is 2.27. The number of benzene rings is 2. The van der Waals surface area contributed by atoms with E-state index in [1.807, 2.05) is 12.4 Å². The second-order valence-corrected chi connectivity index (χ2v) is 7.42. The summed E-state index contributed by atoms with van der Waals surface area (Å²) in [6.07, 6.45) is 5.36. The van der Waals surface area contributed by atoms with Gasteiger partial charge in [-0.2, -0.15) is 0 Å². The Hall–Kier alpha value is -3.28. The van der Waals surface area contributed by atoms with Gasteiger partial charge in [-0.15, -0.1) is 0 Å². The third-order valence-corrected chi connectivity index (χ3v) is 5.21. The van der Waals surface area contributed by atoms with Crippen molar-refractivity contribution in [3.05, 3.63) is 72.3 Å². The molecule has 0 aliphatic carbocycles. The first-order valence-corrected chi connectivity index (χ1v) is 9.79. The Labute approximate surface area is 169 Å². The molecule has 1 aromatic heterocycles. The number of aromatic nitrogens is 2. The van der Waals surface area contributed by atoms with E-state index in [0.717, 1.165) is 30.5 Å². The standard InChI is InChI=1S/C23H23FN4O/c1-16-4-6-17(7-5-16)19-13-25-23(26-14-19)28-12-2-3-18(15-28)22(29)27-21-10-8-20(24)9-11-21/h4-11,13-14,18H,2-3,12,15H2,1H3,(H,27,29). The molecule has 1 saturated heterocycles. The lowest BCUT2D eigenvalue weighted by molar-refractivity contribution is -0.120. The molecule has 2 aromatic carbocycles. The molecule has 1 aliphatic rings. The van der Waals surface area contributed by atoms with Gasteiger partial charge >= 0.3 is 0 Å². The van der Waals surface area contributed by atoms with Gasteiger partial charge < -0.3 is 10.2 Å². The smallest absolute Gasteiger partial charge is 0.229 e. The minimum Gasteiger partial charge on any atom is -0.340 e. The van der Waals surface area contributed by atoms with Crippen LogP contribution in [0.5, 0.6) is 0 Å². The van der Waals surface area contributed by atoms with Gasteiger partial charge in [0.05, 0.1) is 5.92 Å². The number of piperidine rings is 1. The molecular formula is C23H23FN4O. The Morgan fingerprint density at radius 3 is 2.41 bits per heavy atom. The number of hydrogen-bond donors (Lipinski definition) is 1. The molecule has 2 heterocycles. The van der Waals surface area contributed by atoms with Gasteiger partial charge in [0.25, 0.3) is 0 Å². The highest BCUT2D eigenvalue weighted by Crippen LogP contribution is 2.24. The first-order chi connectivity index (χ1) is 14.1. The first kappa shape index (κ1) is 19.1. The Morgan fingerprint density at radius 1 is 1.03 bits per heavy atom. The van der Waals surface area contributed by atoms with Crippen molar-refractivity contribution in [3.63, 3.8) is 0 Å². The van der Waals surface area contributed by atoms with Crippen LogP contribution in [0.3, 0.4) is 0 Å². The molecule has 1 amide bonds. The van der Waals surface area contributed by atoms with Gasteiger partial charge in [0.2, 0.25) is 11.9 Å². The van der Waals surface area contributed by atoms with Crippen LogP contribution in [0.15, 0.2) is 60.9 Å². The van der Waals surface area contributed by atoms with Crippen LogP contribution >= 0.6 is 0 Å². The highest BCUT2D eigenvalue weighted by molar-refractivity contribution is 5.93. The van der Waals surface area contributed by atoms with Gasteiger partial charge in [-0.25, -0.2) is 14.4 Å². The van der Waals surface area contributed by atoms with Crippen molar-refractivity contribution < 1.29 is 9.18 Å². The van der Waals surface area contributed by atoms with Gasteiger partial charge in [-0.3, -0.25) is 4.79 Å². The predicted molar refractivity (Wildman–Crippen MR) is 112 cm³/mol. The molecule has 4 rings (SSSR count). The van der Waals surface area contributed by atoms with Crippen LogP contribution in [-0.2, 0) is 4.79 Å². The molecule has 1 atom stereocenters. The van der Waals surface area contributed by atoms with E-state index >= 15 is 0 Å². The number of halogens is 1. The summed E-state index contributed by atoms with van der Waals surface area (Å²) in [5.74, 6) is 0.102. The lowest BCUT2D eigenvalue weighted by atomic mass is 9.97. The Morgan fingerprint density at radius 2 is 1.72 bits per heavy atom. The van der Waals surface area contributed by atoms with Crippen molar-refractivity contribution in [2.45, 2.75) is 19.8 Å². The molecule has 3 aromatic rings. The van der Waals surface area contributed by atoms with Gasteiger partial charge in [-0.05, 0) is 49.6 Å². The largest absolute Gasteiger partial charge is 0.340 e. The molecule has 0 spiro atoms. The number of nitrogens with one attached hydrogen (secondary N) is 1. The summed E-state index contributed by atoms with van der Waals surface area (Å²) in [7, 11) is 0. The molecule has 148 valence electrons. The van der Waals surface area contributed by atoms with Crippen LogP contribution in [0.2, 0.25) is 0 Å². The summed E-state index contributed by atoms with van der Waals surface area (Å²) in [4.78, 5) is 23.7. The fourth-order valence-electron chi connectivity index (χ4n) is 3.53. The number of aryl methyl sites for hydroxylation is 1. The van der Waals surface area contributed by atoms with Crippen LogP contribution in [0, 0.1) is 18.7 Å². The second kappa shape index (κ2) is 8.39. The monoisotopic (exact) mass is 390 g/mol. The number of carbonyl (C=O) groups is 1. The number of carbonyl (C=O) groups excluding carboxylic acids is 1. The van der Waals surface area contributed by atoms with E-state index in [4.69, 9.17) is 0 Å². The van der Waals surface area contributed by atoms with Crippen LogP contribution in [0.1, 0.15) is 18.4 Å². The molecule has 6 heteroatoms. The summed E-state index contributed by atoms with van der Waals surface area (Å²) in [6.45, 7) is 3.45. The molecule has 1 aliphatic heterocycles. The van der Waals surface area contributed by atoms with E-state index in [2.05, 4.69) is 51.4 Å². The van der Waals surface area contributed by atoms with E-state index in [0.29, 0.717) is 18.2 Å². The highest BCUT2D eigenvalue weighted by atomic mass is 19.1. The maximum atomic E-state index is 13.0. The average molecular weight is 390 g/mol. The van der Waals surface area contributed by atoms with Crippen molar-refractivity contribution in [1.29, 1.82) is 0 Å². The van der Waals surface area contributed by atoms with Crippen LogP contribution in [0.4, 0.5) is 16.0 Å². The maximum absolute atomic E-state index is 13.0. The Bertz CT molecular complexity index is 971. The lowest BCUT2D eigenvalue weighted by Gasteiger charge is -2.32. The van der Waals surface area contributed by atoms with Gasteiger partial charge in [0.15, 0.2) is 0 Å². The quantitative estimate of drug-likeness (QED) is 0.715. The molecule has 0 bridgehead atoms. The number of anilines is 2. The zero-order chi connectivity index (χ0) is 20.2. The van der Waals surface area contributed by atoms with E-state index in [-0.39, 0.29) is 17.6 Å². The van der Waals surface area contributed by atoms with Crippen molar-refractivity contribution in [2.75, 3.05) is 23.3 Å². The zero-order valence-electron chi connectivity index (χ0n) is 16.3. The normalized spacial score (nSPS) is 16.5. The SMILES string of the molecule is Cc1ccc(-c2cnc(N3CCCC(C(=O)Nc4ccc(F)cc4)C3)nc2)cc1. The van der Waals surface area contributed by atoms with Gasteiger partial charge in [-0.1, -0.05) is 29.8 Å². The number of rotatable bonds is 4. The summed E-state index contributed by atoms with van der Waals surface area (Å²) < 4.78 is 13.0. The van der Waals surface area contributed by atoms with Crippen molar-refractivity contribution in [1.82, 2.24) is 9.97 Å². The summed E-state index contributed by atoms with van der Waals surface area (Å²) in [5, 5.41) is 2.87. The third-order valence-electron chi connectivity index (χ3n) is 5.21. The summed E-state index contributed by atoms with van der Waals surface area (Å²) in [6, 6.07) is 14.1. The lowest BCUT2D eigenvalue weighted by Crippen LogP contribution is -2.41. The molecule has 5 nitrogen and oxygen atoms in total. The van der Waals surface area contributed by atoms with Gasteiger partial charge in [0, 0.05) is 36.7 Å². The Kier molecular flexibility index (Phi) is 5.51. The Balaban J connectivity index is 1.41. The van der Waals surface area contributed by atoms with Crippen molar-refractivity contribution in [2.24, 2.45) is 5.92 Å². The van der Waals surface area contributed by atoms with Crippen molar-refractivity contribution in [3.8, 4) is 11.1 Å². The molecular weight excluding hydrogens is 367 g/mol. The predicted octanol–water partition coefficient (Wildman–Crippen LogP) is 4.45. The van der Waals surface area contributed by atoms with E-state index in [9.17, 15) is 9.18 Å². The molecule has 29 heavy (non-hydrogen) atoms. The third kappa shape index (κ3) is 4.59. The molecule has 0 radical (unpaired) electrons. The van der Waals surface area contributed by atoms with Gasteiger partial charge in [0.1, 0.15) is 5.82 Å². The average Bonchev–Trinajstić information content (AvgIpc) is 2.76. The van der Waals surface area contributed by atoms with Crippen LogP contribution in [0.25, 0.3) is 11.1 Å². The van der Waals surface area contributed by atoms with E-state index in [1.165, 1.54) is 17.7 Å². The maximum Gasteiger partial charge on any atom is 0.229 e. The fraction of sp³-hybridized carbons (Fsp3) is 0.261. The minimum absolute atomic E-state index is 0.0578. The first-order valence-electron chi connectivity index (χ1n) is 9.79. The van der Waals surface area contributed by atoms with Crippen LogP contribution in [-0.4, -0.2) is 29.0 Å². The minimum atomic E-state index is -0.321. The molecule has 1 N–H and O–H groups in total. The summed E-state index contributed by atoms with van der Waals surface area (Å²) in [5.41, 5.74) is 3.87. The van der Waals surface area contributed by atoms with E-state index < -0.39 is 0 Å². The number of amides is 1. The summed E-state index contributed by atoms with van der Waals surface area (Å²) >= 11 is 0. The second-order valence-electron chi connectivity index (χ2n) is 7.42.